The number of benzene rings is 1. The third kappa shape index (κ3) is 1.42. The molecule has 13 heavy (non-hydrogen) atoms. The van der Waals surface area contributed by atoms with Crippen molar-refractivity contribution in [2.24, 2.45) is 0 Å². The molecule has 0 atom stereocenters. The van der Waals surface area contributed by atoms with Crippen LogP contribution in [-0.2, 0) is 0 Å². The zero-order valence-corrected chi connectivity index (χ0v) is 9.13. The zero-order valence-electron chi connectivity index (χ0n) is 7.50. The monoisotopic (exact) mass is 210 g/mol. The molecule has 0 spiro atoms. The van der Waals surface area contributed by atoms with E-state index in [1.807, 2.05) is 19.2 Å². The first-order valence-corrected chi connectivity index (χ1v) is 6.07. The van der Waals surface area contributed by atoms with E-state index in [1.165, 1.54) is 4.70 Å². The maximum Gasteiger partial charge on any atom is 0.125 e. The molecule has 0 fully saturated rings. The molecule has 0 aliphatic rings. The second-order valence-electron chi connectivity index (χ2n) is 2.94. The minimum Gasteiger partial charge on any atom is -0.507 e. The van der Waals surface area contributed by atoms with Crippen molar-refractivity contribution >= 4 is 33.2 Å². The molecule has 0 saturated carbocycles. The Morgan fingerprint density at radius 2 is 2.15 bits per heavy atom. The Labute approximate surface area is 85.4 Å². The summed E-state index contributed by atoms with van der Waals surface area (Å²) in [6.45, 7) is 2.03. The fraction of sp³-hybridized carbons (Fsp3) is 0.200. The van der Waals surface area contributed by atoms with E-state index in [-0.39, 0.29) is 0 Å². The van der Waals surface area contributed by atoms with Crippen LogP contribution in [0.5, 0.6) is 5.75 Å². The van der Waals surface area contributed by atoms with Crippen LogP contribution >= 0.6 is 23.1 Å². The number of thioether (sulfide) groups is 1. The lowest BCUT2D eigenvalue weighted by atomic mass is 10.2. The molecule has 0 bridgehead atoms. The van der Waals surface area contributed by atoms with Gasteiger partial charge in [-0.25, -0.2) is 0 Å². The molecule has 2 aromatic rings. The second-order valence-corrected chi connectivity index (χ2v) is 4.73. The number of hydrogen-bond donors (Lipinski definition) is 1. The first kappa shape index (κ1) is 8.91. The summed E-state index contributed by atoms with van der Waals surface area (Å²) < 4.78 is 1.17. The first-order chi connectivity index (χ1) is 6.22. The van der Waals surface area contributed by atoms with Gasteiger partial charge in [0.25, 0.3) is 0 Å². The van der Waals surface area contributed by atoms with Crippen LogP contribution in [0.3, 0.4) is 0 Å². The number of aromatic hydroxyl groups is 1. The molecule has 1 nitrogen and oxygen atoms in total. The Morgan fingerprint density at radius 1 is 1.38 bits per heavy atom. The summed E-state index contributed by atoms with van der Waals surface area (Å²) in [5.74, 6) is 0.403. The third-order valence-corrected chi connectivity index (χ3v) is 3.80. The Balaban J connectivity index is 2.79. The van der Waals surface area contributed by atoms with E-state index >= 15 is 0 Å². The summed E-state index contributed by atoms with van der Waals surface area (Å²) in [5, 5.41) is 12.8. The van der Waals surface area contributed by atoms with Crippen LogP contribution in [-0.4, -0.2) is 11.4 Å². The number of aryl methyl sites for hydroxylation is 1. The number of fused-ring (bicyclic) bond motifs is 1. The number of thiophene rings is 1. The molecule has 0 radical (unpaired) electrons. The molecule has 0 unspecified atom stereocenters. The molecule has 0 aliphatic carbocycles. The van der Waals surface area contributed by atoms with Crippen molar-refractivity contribution in [3.63, 3.8) is 0 Å². The van der Waals surface area contributed by atoms with Gasteiger partial charge in [-0.05, 0) is 36.3 Å². The highest BCUT2D eigenvalue weighted by Crippen LogP contribution is 2.36. The van der Waals surface area contributed by atoms with Crippen molar-refractivity contribution in [2.75, 3.05) is 6.26 Å². The highest BCUT2D eigenvalue weighted by atomic mass is 32.2. The van der Waals surface area contributed by atoms with Crippen molar-refractivity contribution in [1.29, 1.82) is 0 Å². The third-order valence-electron chi connectivity index (χ3n) is 2.05. The molecular formula is C10H10OS2. The Bertz CT molecular complexity index is 445. The summed E-state index contributed by atoms with van der Waals surface area (Å²) in [7, 11) is 0. The van der Waals surface area contributed by atoms with Crippen LogP contribution in [0.1, 0.15) is 5.56 Å². The number of phenolic OH excluding ortho intramolecular Hbond substituents is 1. The highest BCUT2D eigenvalue weighted by molar-refractivity contribution is 7.98. The van der Waals surface area contributed by atoms with Crippen LogP contribution in [0.15, 0.2) is 22.4 Å². The normalized spacial score (nSPS) is 10.9. The zero-order chi connectivity index (χ0) is 9.42. The molecule has 1 aromatic heterocycles. The molecule has 0 aliphatic heterocycles. The van der Waals surface area contributed by atoms with Gasteiger partial charge in [0.2, 0.25) is 0 Å². The summed E-state index contributed by atoms with van der Waals surface area (Å²) >= 11 is 3.34. The Kier molecular flexibility index (Phi) is 2.22. The van der Waals surface area contributed by atoms with Crippen molar-refractivity contribution in [1.82, 2.24) is 0 Å². The van der Waals surface area contributed by atoms with Crippen molar-refractivity contribution in [3.05, 3.63) is 23.1 Å². The van der Waals surface area contributed by atoms with Gasteiger partial charge in [-0.1, -0.05) is 0 Å². The van der Waals surface area contributed by atoms with E-state index in [2.05, 4.69) is 11.4 Å². The summed E-state index contributed by atoms with van der Waals surface area (Å²) in [5.41, 5.74) is 1.16. The summed E-state index contributed by atoms with van der Waals surface area (Å²) in [6.07, 6.45) is 2.01. The quantitative estimate of drug-likeness (QED) is 0.725. The fourth-order valence-corrected chi connectivity index (χ4v) is 2.93. The van der Waals surface area contributed by atoms with E-state index in [0.29, 0.717) is 5.75 Å². The summed E-state index contributed by atoms with van der Waals surface area (Å²) in [4.78, 5) is 1.12. The molecule has 68 valence electrons. The smallest absolute Gasteiger partial charge is 0.125 e. The minimum atomic E-state index is 0.403. The SMILES string of the molecule is CSc1cc(O)c2c(C)csc2c1. The van der Waals surface area contributed by atoms with Crippen LogP contribution in [0.25, 0.3) is 10.1 Å². The molecular weight excluding hydrogens is 200 g/mol. The largest absolute Gasteiger partial charge is 0.507 e. The molecule has 1 aromatic carbocycles. The predicted octanol–water partition coefficient (Wildman–Crippen LogP) is 3.64. The average molecular weight is 210 g/mol. The summed E-state index contributed by atoms with van der Waals surface area (Å²) in [6, 6.07) is 3.95. The van der Waals surface area contributed by atoms with E-state index in [4.69, 9.17) is 0 Å². The van der Waals surface area contributed by atoms with Gasteiger partial charge < -0.3 is 5.11 Å². The van der Waals surface area contributed by atoms with Gasteiger partial charge in [0.1, 0.15) is 5.75 Å². The van der Waals surface area contributed by atoms with Crippen LogP contribution < -0.4 is 0 Å². The van der Waals surface area contributed by atoms with Crippen molar-refractivity contribution < 1.29 is 5.11 Å². The number of rotatable bonds is 1. The number of phenols is 1. The lowest BCUT2D eigenvalue weighted by Gasteiger charge is -2.00. The van der Waals surface area contributed by atoms with Crippen LogP contribution in [0.2, 0.25) is 0 Å². The number of hydrogen-bond acceptors (Lipinski definition) is 3. The lowest BCUT2D eigenvalue weighted by Crippen LogP contribution is -1.73. The van der Waals surface area contributed by atoms with Gasteiger partial charge in [0, 0.05) is 15.0 Å². The van der Waals surface area contributed by atoms with Crippen molar-refractivity contribution in [3.8, 4) is 5.75 Å². The Hall–Kier alpha value is -0.670. The van der Waals surface area contributed by atoms with E-state index in [9.17, 15) is 5.11 Å². The topological polar surface area (TPSA) is 20.2 Å². The van der Waals surface area contributed by atoms with Gasteiger partial charge >= 0.3 is 0 Å². The average Bonchev–Trinajstić information content (AvgIpc) is 2.48. The lowest BCUT2D eigenvalue weighted by molar-refractivity contribution is 0.480. The molecule has 0 saturated heterocycles. The second kappa shape index (κ2) is 3.24. The van der Waals surface area contributed by atoms with E-state index < -0.39 is 0 Å². The molecule has 2 rings (SSSR count). The van der Waals surface area contributed by atoms with Gasteiger partial charge in [0.05, 0.1) is 0 Å². The van der Waals surface area contributed by atoms with Crippen molar-refractivity contribution in [2.45, 2.75) is 11.8 Å². The van der Waals surface area contributed by atoms with Crippen LogP contribution in [0.4, 0.5) is 0 Å². The van der Waals surface area contributed by atoms with Gasteiger partial charge in [-0.15, -0.1) is 23.1 Å². The van der Waals surface area contributed by atoms with Gasteiger partial charge in [-0.2, -0.15) is 0 Å². The van der Waals surface area contributed by atoms with Gasteiger partial charge in [-0.3, -0.25) is 0 Å². The molecule has 1 heterocycles. The minimum absolute atomic E-state index is 0.403. The standard InChI is InChI=1S/C10H10OS2/c1-6-5-13-9-4-7(12-2)3-8(11)10(6)9/h3-5,11H,1-2H3. The maximum atomic E-state index is 9.75. The maximum absolute atomic E-state index is 9.75. The molecule has 1 N–H and O–H groups in total. The van der Waals surface area contributed by atoms with E-state index in [1.54, 1.807) is 23.1 Å². The molecule has 0 amide bonds. The first-order valence-electron chi connectivity index (χ1n) is 3.97. The Morgan fingerprint density at radius 3 is 2.85 bits per heavy atom. The van der Waals surface area contributed by atoms with Gasteiger partial charge in [0.15, 0.2) is 0 Å². The molecule has 3 heteroatoms. The van der Waals surface area contributed by atoms with E-state index in [0.717, 1.165) is 15.8 Å². The highest BCUT2D eigenvalue weighted by Gasteiger charge is 2.06. The van der Waals surface area contributed by atoms with Crippen LogP contribution in [0, 0.1) is 6.92 Å². The fourth-order valence-electron chi connectivity index (χ4n) is 1.39. The predicted molar refractivity (Wildman–Crippen MR) is 60.0 cm³/mol.